The van der Waals surface area contributed by atoms with Crippen molar-refractivity contribution in [2.24, 2.45) is 46.3 Å². The van der Waals surface area contributed by atoms with E-state index in [9.17, 15) is 5.11 Å². The van der Waals surface area contributed by atoms with Crippen molar-refractivity contribution in [1.82, 2.24) is 0 Å². The van der Waals surface area contributed by atoms with Gasteiger partial charge in [0.05, 0.1) is 21.1 Å². The maximum Gasteiger partial charge on any atom is 0.0703 e. The van der Waals surface area contributed by atoms with E-state index in [1.807, 2.05) is 0 Å². The van der Waals surface area contributed by atoms with E-state index in [1.165, 1.54) is 38.5 Å². The van der Waals surface area contributed by atoms with Gasteiger partial charge >= 0.3 is 0 Å². The van der Waals surface area contributed by atoms with Gasteiger partial charge in [-0.25, -0.2) is 0 Å². The van der Waals surface area contributed by atoms with Gasteiger partial charge < -0.3 is 5.11 Å². The lowest BCUT2D eigenvalue weighted by Crippen LogP contribution is -2.58. The summed E-state index contributed by atoms with van der Waals surface area (Å²) < 4.78 is 0. The van der Waals surface area contributed by atoms with Crippen LogP contribution in [-0.2, 0) is 0 Å². The van der Waals surface area contributed by atoms with E-state index in [0.717, 1.165) is 37.0 Å². The van der Waals surface area contributed by atoms with Crippen LogP contribution in [0.5, 0.6) is 0 Å². The first-order chi connectivity index (χ1) is 13.3. The molecule has 0 aromatic rings. The summed E-state index contributed by atoms with van der Waals surface area (Å²) in [6, 6.07) is 0. The van der Waals surface area contributed by atoms with Crippen molar-refractivity contribution < 1.29 is 5.11 Å². The molecule has 0 heterocycles. The monoisotopic (exact) mass is 377 g/mol. The Morgan fingerprint density at radius 3 is 2.54 bits per heavy atom. The molecule has 28 heavy (non-hydrogen) atoms. The third-order valence-electron chi connectivity index (χ3n) is 10.7. The van der Waals surface area contributed by atoms with E-state index in [1.54, 1.807) is 0 Å². The normalized spacial score (nSPS) is 54.3. The average molecular weight is 377 g/mol. The molecule has 1 N–H and O–H groups in total. The lowest BCUT2D eigenvalue weighted by atomic mass is 9.30. The highest BCUT2D eigenvalue weighted by atomic mass is 16.3. The van der Waals surface area contributed by atoms with E-state index in [0.29, 0.717) is 40.2 Å². The highest BCUT2D eigenvalue weighted by Gasteiger charge is 2.64. The first-order valence-corrected chi connectivity index (χ1v) is 12.3. The van der Waals surface area contributed by atoms with Crippen LogP contribution in [0.1, 0.15) is 85.5 Å². The summed E-state index contributed by atoms with van der Waals surface area (Å²) in [5.74, 6) is 5.03. The Balaban J connectivity index is 1.68. The molecule has 0 saturated heterocycles. The molecule has 0 aromatic heterocycles. The summed E-state index contributed by atoms with van der Waals surface area (Å²) >= 11 is 0. The molecule has 5 radical (unpaired) electrons. The minimum atomic E-state index is -0.113. The summed E-state index contributed by atoms with van der Waals surface area (Å²) in [4.78, 5) is 0. The summed E-state index contributed by atoms with van der Waals surface area (Å²) in [5.41, 5.74) is 0.662. The molecule has 4 aliphatic carbocycles. The minimum Gasteiger partial charge on any atom is -0.393 e. The second kappa shape index (κ2) is 7.69. The second-order valence-corrected chi connectivity index (χ2v) is 11.7. The van der Waals surface area contributed by atoms with Gasteiger partial charge in [-0.2, -0.15) is 0 Å². The number of aliphatic hydroxyl groups is 1. The van der Waals surface area contributed by atoms with E-state index >= 15 is 0 Å². The number of rotatable bonds is 4. The molecule has 4 aliphatic rings. The average Bonchev–Trinajstić information content (AvgIpc) is 3.00. The summed E-state index contributed by atoms with van der Waals surface area (Å²) in [7, 11) is 15.4. The van der Waals surface area contributed by atoms with E-state index in [4.69, 9.17) is 15.6 Å². The Morgan fingerprint density at radius 2 is 1.86 bits per heavy atom. The Hall–Kier alpha value is 0.155. The predicted octanol–water partition coefficient (Wildman–Crippen LogP) is 5.20. The Bertz CT molecular complexity index is 570. The molecule has 0 aliphatic heterocycles. The molecule has 1 nitrogen and oxygen atoms in total. The zero-order valence-electron chi connectivity index (χ0n) is 18.7. The van der Waals surface area contributed by atoms with Gasteiger partial charge in [0.25, 0.3) is 0 Å². The number of hydrogen-bond acceptors (Lipinski definition) is 1. The van der Waals surface area contributed by atoms with Crippen LogP contribution in [-0.4, -0.2) is 34.0 Å². The van der Waals surface area contributed by atoms with Crippen molar-refractivity contribution in [3.63, 3.8) is 0 Å². The van der Waals surface area contributed by atoms with Crippen LogP contribution in [0.4, 0.5) is 0 Å². The topological polar surface area (TPSA) is 20.2 Å². The van der Waals surface area contributed by atoms with Crippen molar-refractivity contribution in [3.05, 3.63) is 0 Å². The second-order valence-electron chi connectivity index (χ2n) is 11.7. The van der Waals surface area contributed by atoms with Crippen molar-refractivity contribution in [1.29, 1.82) is 0 Å². The third kappa shape index (κ3) is 3.01. The molecule has 4 saturated carbocycles. The van der Waals surface area contributed by atoms with Crippen LogP contribution in [0.25, 0.3) is 0 Å². The molecule has 0 bridgehead atoms. The van der Waals surface area contributed by atoms with Crippen LogP contribution in [0, 0.1) is 46.3 Å². The molecule has 11 unspecified atom stereocenters. The van der Waals surface area contributed by atoms with Gasteiger partial charge in [0.1, 0.15) is 0 Å². The number of fused-ring (bicyclic) bond motifs is 5. The van der Waals surface area contributed by atoms with Gasteiger partial charge in [-0.05, 0) is 78.4 Å². The predicted molar refractivity (Wildman–Crippen MR) is 121 cm³/mol. The fourth-order valence-electron chi connectivity index (χ4n) is 9.26. The Morgan fingerprint density at radius 1 is 1.11 bits per heavy atom. The summed E-state index contributed by atoms with van der Waals surface area (Å²) in [6.07, 6.45) is 10.7. The molecule has 4 heteroatoms. The summed E-state index contributed by atoms with van der Waals surface area (Å²) in [6.45, 7) is 9.93. The highest BCUT2D eigenvalue weighted by molar-refractivity contribution is 6.90. The van der Waals surface area contributed by atoms with E-state index < -0.39 is 0 Å². The first kappa shape index (κ1) is 21.4. The molecule has 0 spiro atoms. The largest absolute Gasteiger partial charge is 0.393 e. The molecular weight excluding hydrogens is 337 g/mol. The number of hydrogen-bond donors (Lipinski definition) is 1. The van der Waals surface area contributed by atoms with Gasteiger partial charge in [0.15, 0.2) is 0 Å². The van der Waals surface area contributed by atoms with E-state index in [-0.39, 0.29) is 6.10 Å². The van der Waals surface area contributed by atoms with Crippen LogP contribution in [0.2, 0.25) is 11.6 Å². The van der Waals surface area contributed by atoms with Crippen molar-refractivity contribution in [2.45, 2.75) is 103 Å². The summed E-state index contributed by atoms with van der Waals surface area (Å²) in [5, 5.41) is 10.3. The number of aliphatic hydroxyl groups excluding tert-OH is 1. The molecule has 4 rings (SSSR count). The molecular formula is C24H40B3O. The minimum absolute atomic E-state index is 0.113. The van der Waals surface area contributed by atoms with Crippen LogP contribution in [0.15, 0.2) is 0 Å². The Kier molecular flexibility index (Phi) is 5.87. The van der Waals surface area contributed by atoms with Gasteiger partial charge in [0, 0.05) is 7.74 Å². The standard InChI is InChI=1S/C24H40B3O/c1-5-6-14(2)17-7-8-18-22-19(13-21(27-26)24(17,18)4)23(3)10-9-16(28)11-15(23)12-20(22)25/h14-22,28H,5-13H2,1-4H3. The van der Waals surface area contributed by atoms with Crippen molar-refractivity contribution in [3.8, 4) is 0 Å². The molecule has 151 valence electrons. The Labute approximate surface area is 177 Å². The van der Waals surface area contributed by atoms with E-state index in [2.05, 4.69) is 34.9 Å². The SMILES string of the molecule is [B][B]C1CC2C(C([B])CC3CC(O)CCC32C)C2CCC(C(C)CCC)C12C. The van der Waals surface area contributed by atoms with Crippen LogP contribution < -0.4 is 0 Å². The maximum atomic E-state index is 10.3. The smallest absolute Gasteiger partial charge is 0.0703 e. The fraction of sp³-hybridized carbons (Fsp3) is 1.00. The first-order valence-electron chi connectivity index (χ1n) is 12.3. The maximum absolute atomic E-state index is 10.3. The zero-order chi connectivity index (χ0) is 20.3. The molecule has 11 atom stereocenters. The van der Waals surface area contributed by atoms with Crippen LogP contribution in [0.3, 0.4) is 0 Å². The van der Waals surface area contributed by atoms with Crippen molar-refractivity contribution in [2.75, 3.05) is 0 Å². The van der Waals surface area contributed by atoms with Gasteiger partial charge in [-0.1, -0.05) is 65.0 Å². The molecule has 4 fully saturated rings. The molecule has 0 amide bonds. The highest BCUT2D eigenvalue weighted by Crippen LogP contribution is 2.72. The zero-order valence-corrected chi connectivity index (χ0v) is 18.7. The fourth-order valence-corrected chi connectivity index (χ4v) is 9.26. The van der Waals surface area contributed by atoms with Gasteiger partial charge in [-0.15, -0.1) is 0 Å². The lowest BCUT2D eigenvalue weighted by molar-refractivity contribution is -0.128. The van der Waals surface area contributed by atoms with Crippen LogP contribution >= 0.6 is 0 Å². The van der Waals surface area contributed by atoms with Gasteiger partial charge in [0.2, 0.25) is 0 Å². The quantitative estimate of drug-likeness (QED) is 0.669. The van der Waals surface area contributed by atoms with Crippen molar-refractivity contribution >= 4 is 22.8 Å². The molecule has 0 aromatic carbocycles. The van der Waals surface area contributed by atoms with Gasteiger partial charge in [-0.3, -0.25) is 0 Å². The lowest BCUT2D eigenvalue weighted by Gasteiger charge is -2.65. The third-order valence-corrected chi connectivity index (χ3v) is 10.7.